The maximum Gasteiger partial charge on any atom is 0.168 e. The number of allylic oxidation sites excluding steroid dienone is 4. The van der Waals surface area contributed by atoms with Gasteiger partial charge in [0.1, 0.15) is 11.5 Å². The normalized spacial score (nSPS) is 26.4. The Balaban J connectivity index is 1.27. The van der Waals surface area contributed by atoms with Crippen LogP contribution in [0.3, 0.4) is 0 Å². The second kappa shape index (κ2) is 12.5. The molecule has 0 aliphatic heterocycles. The summed E-state index contributed by atoms with van der Waals surface area (Å²) in [6.45, 7) is 0. The average molecular weight is 580 g/mol. The molecule has 208 valence electrons. The van der Waals surface area contributed by atoms with Gasteiger partial charge in [-0.2, -0.15) is 0 Å². The number of aliphatic imine (C=N–C) groups is 2. The van der Waals surface area contributed by atoms with E-state index in [0.717, 1.165) is 36.8 Å². The number of aliphatic hydroxyl groups is 2. The lowest BCUT2D eigenvalue weighted by molar-refractivity contribution is -0.117. The number of rotatable bonds is 6. The molecule has 4 unspecified atom stereocenters. The van der Waals surface area contributed by atoms with E-state index < -0.39 is 0 Å². The van der Waals surface area contributed by atoms with Crippen molar-refractivity contribution in [3.05, 3.63) is 92.4 Å². The van der Waals surface area contributed by atoms with E-state index in [1.165, 1.54) is 12.4 Å². The highest BCUT2D eigenvalue weighted by molar-refractivity contribution is 6.30. The van der Waals surface area contributed by atoms with Gasteiger partial charge in [-0.15, -0.1) is 0 Å². The molecule has 0 saturated heterocycles. The number of aliphatic hydroxyl groups excluding tert-OH is 2. The fourth-order valence-corrected chi connectivity index (χ4v) is 6.09. The number of carbonyl (C=O) groups excluding carboxylic acids is 2. The van der Waals surface area contributed by atoms with Crippen molar-refractivity contribution < 1.29 is 19.8 Å². The molecule has 5 rings (SSSR count). The largest absolute Gasteiger partial charge is 0.511 e. The topological polar surface area (TPSA) is 99.3 Å². The monoisotopic (exact) mass is 578 g/mol. The molecule has 4 atom stereocenters. The summed E-state index contributed by atoms with van der Waals surface area (Å²) in [4.78, 5) is 35.2. The van der Waals surface area contributed by atoms with E-state index in [1.54, 1.807) is 24.3 Å². The maximum absolute atomic E-state index is 12.9. The Morgan fingerprint density at radius 1 is 0.625 bits per heavy atom. The van der Waals surface area contributed by atoms with Crippen LogP contribution in [0.15, 0.2) is 81.2 Å². The van der Waals surface area contributed by atoms with Crippen LogP contribution in [0.5, 0.6) is 0 Å². The lowest BCUT2D eigenvalue weighted by Gasteiger charge is -2.27. The van der Waals surface area contributed by atoms with Gasteiger partial charge in [0.25, 0.3) is 0 Å². The molecule has 0 spiro atoms. The van der Waals surface area contributed by atoms with E-state index in [-0.39, 0.29) is 58.2 Å². The van der Waals surface area contributed by atoms with Gasteiger partial charge in [0.05, 0.1) is 23.2 Å². The van der Waals surface area contributed by atoms with Crippen molar-refractivity contribution in [2.24, 2.45) is 9.98 Å². The van der Waals surface area contributed by atoms with Gasteiger partial charge in [0, 0.05) is 48.2 Å². The molecule has 0 radical (unpaired) electrons. The van der Waals surface area contributed by atoms with Crippen molar-refractivity contribution in [2.45, 2.75) is 75.3 Å². The third-order valence-corrected chi connectivity index (χ3v) is 8.64. The van der Waals surface area contributed by atoms with E-state index in [1.807, 2.05) is 24.3 Å². The molecular weight excluding hydrogens is 547 g/mol. The summed E-state index contributed by atoms with van der Waals surface area (Å²) in [6, 6.07) is 14.4. The molecule has 3 aliphatic rings. The Labute approximate surface area is 244 Å². The Hall–Kier alpha value is -3.22. The summed E-state index contributed by atoms with van der Waals surface area (Å²) in [7, 11) is 0. The molecule has 0 amide bonds. The Bertz CT molecular complexity index is 1290. The molecule has 3 aliphatic carbocycles. The van der Waals surface area contributed by atoms with E-state index >= 15 is 0 Å². The Morgan fingerprint density at radius 2 is 1.00 bits per heavy atom. The van der Waals surface area contributed by atoms with Crippen molar-refractivity contribution in [3.63, 3.8) is 0 Å². The van der Waals surface area contributed by atoms with Crippen molar-refractivity contribution in [1.82, 2.24) is 0 Å². The van der Waals surface area contributed by atoms with Gasteiger partial charge in [-0.25, -0.2) is 0 Å². The lowest BCUT2D eigenvalue weighted by Crippen LogP contribution is -2.28. The molecule has 2 aromatic rings. The molecule has 6 nitrogen and oxygen atoms in total. The second-order valence-corrected chi connectivity index (χ2v) is 11.7. The van der Waals surface area contributed by atoms with Gasteiger partial charge in [-0.3, -0.25) is 19.6 Å². The van der Waals surface area contributed by atoms with Gasteiger partial charge in [0.15, 0.2) is 11.6 Å². The van der Waals surface area contributed by atoms with E-state index in [9.17, 15) is 19.8 Å². The van der Waals surface area contributed by atoms with Crippen LogP contribution in [0.2, 0.25) is 10.0 Å². The first-order valence-corrected chi connectivity index (χ1v) is 14.5. The molecule has 0 bridgehead atoms. The number of benzene rings is 2. The number of hydrogen-bond acceptors (Lipinski definition) is 6. The maximum atomic E-state index is 12.9. The fourth-order valence-electron chi connectivity index (χ4n) is 5.83. The standard InChI is InChI=1S/C32H32Cl2N2O4/c33-23-9-5-19(6-10-23)21-13-29(37)25(30(38)14-21)17-35-27-3-1-2-4-28(27)36-18-26-31(39)15-22(16-32(26)40)20-7-11-24(34)12-8-20/h5-12,17-18,21-22,27-28,37,39H,1-4,13-16H2. The number of Topliss-reactive ketones (excluding diaryl/α,β-unsaturated/α-hetero) is 2. The molecule has 40 heavy (non-hydrogen) atoms. The quantitative estimate of drug-likeness (QED) is 0.343. The summed E-state index contributed by atoms with van der Waals surface area (Å²) in [5.74, 6) is -0.366. The fraction of sp³-hybridized carbons (Fsp3) is 0.375. The first kappa shape index (κ1) is 28.3. The zero-order valence-corrected chi connectivity index (χ0v) is 23.6. The van der Waals surface area contributed by atoms with Gasteiger partial charge in [-0.1, -0.05) is 60.3 Å². The molecule has 1 fully saturated rings. The highest BCUT2D eigenvalue weighted by atomic mass is 35.5. The molecule has 2 N–H and O–H groups in total. The number of nitrogens with zero attached hydrogens (tertiary/aromatic N) is 2. The SMILES string of the molecule is O=C1CC(c2ccc(Cl)cc2)CC(O)=C1C=NC1CCCCC1N=CC1=C(O)CC(c2ccc(Cl)cc2)CC1=O. The first-order chi connectivity index (χ1) is 19.3. The Morgan fingerprint density at radius 3 is 1.35 bits per heavy atom. The number of hydrogen-bond donors (Lipinski definition) is 2. The smallest absolute Gasteiger partial charge is 0.168 e. The van der Waals surface area contributed by atoms with Crippen LogP contribution in [-0.2, 0) is 9.59 Å². The molecule has 1 saturated carbocycles. The summed E-state index contributed by atoms with van der Waals surface area (Å²) in [5.41, 5.74) is 2.46. The van der Waals surface area contributed by atoms with Gasteiger partial charge < -0.3 is 10.2 Å². The average Bonchev–Trinajstić information content (AvgIpc) is 2.93. The zero-order valence-electron chi connectivity index (χ0n) is 22.1. The highest BCUT2D eigenvalue weighted by Crippen LogP contribution is 2.35. The highest BCUT2D eigenvalue weighted by Gasteiger charge is 2.31. The molecule has 2 aromatic carbocycles. The minimum absolute atomic E-state index is 0.0499. The van der Waals surface area contributed by atoms with Gasteiger partial charge in [-0.05, 0) is 60.1 Å². The van der Waals surface area contributed by atoms with Crippen LogP contribution in [-0.4, -0.2) is 46.3 Å². The summed E-state index contributed by atoms with van der Waals surface area (Å²) in [6.07, 6.45) is 7.92. The summed E-state index contributed by atoms with van der Waals surface area (Å²) >= 11 is 12.0. The predicted octanol–water partition coefficient (Wildman–Crippen LogP) is 7.66. The van der Waals surface area contributed by atoms with Crippen LogP contribution in [0.25, 0.3) is 0 Å². The van der Waals surface area contributed by atoms with Crippen LogP contribution in [0, 0.1) is 0 Å². The first-order valence-electron chi connectivity index (χ1n) is 13.8. The second-order valence-electron chi connectivity index (χ2n) is 10.9. The molecule has 0 heterocycles. The van der Waals surface area contributed by atoms with E-state index in [2.05, 4.69) is 9.98 Å². The zero-order chi connectivity index (χ0) is 28.2. The minimum atomic E-state index is -0.171. The number of ketones is 2. The van der Waals surface area contributed by atoms with Crippen LogP contribution >= 0.6 is 23.2 Å². The van der Waals surface area contributed by atoms with Gasteiger partial charge in [0.2, 0.25) is 0 Å². The molecule has 0 aromatic heterocycles. The molecule has 8 heteroatoms. The lowest BCUT2D eigenvalue weighted by atomic mass is 9.82. The van der Waals surface area contributed by atoms with Crippen molar-refractivity contribution in [1.29, 1.82) is 0 Å². The van der Waals surface area contributed by atoms with Gasteiger partial charge >= 0.3 is 0 Å². The van der Waals surface area contributed by atoms with Crippen molar-refractivity contribution >= 4 is 47.2 Å². The van der Waals surface area contributed by atoms with E-state index in [0.29, 0.717) is 35.7 Å². The third kappa shape index (κ3) is 6.56. The number of halogens is 2. The number of carbonyl (C=O) groups is 2. The van der Waals surface area contributed by atoms with E-state index in [4.69, 9.17) is 23.2 Å². The van der Waals surface area contributed by atoms with Crippen LogP contribution < -0.4 is 0 Å². The summed E-state index contributed by atoms with van der Waals surface area (Å²) in [5, 5.41) is 22.7. The Kier molecular flexibility index (Phi) is 8.87. The van der Waals surface area contributed by atoms with Crippen LogP contribution in [0.4, 0.5) is 0 Å². The molecular formula is C32H32Cl2N2O4. The third-order valence-electron chi connectivity index (χ3n) is 8.13. The summed E-state index contributed by atoms with van der Waals surface area (Å²) < 4.78 is 0. The van der Waals surface area contributed by atoms with Crippen molar-refractivity contribution in [3.8, 4) is 0 Å². The van der Waals surface area contributed by atoms with Crippen LogP contribution in [0.1, 0.15) is 74.3 Å². The van der Waals surface area contributed by atoms with Crippen molar-refractivity contribution in [2.75, 3.05) is 0 Å². The predicted molar refractivity (Wildman–Crippen MR) is 159 cm³/mol. The minimum Gasteiger partial charge on any atom is -0.511 e.